The molecule has 3 atom stereocenters. The van der Waals surface area contributed by atoms with Crippen molar-refractivity contribution >= 4 is 28.5 Å². The van der Waals surface area contributed by atoms with Gasteiger partial charge in [-0.1, -0.05) is 32.6 Å². The second kappa shape index (κ2) is 10.1. The summed E-state index contributed by atoms with van der Waals surface area (Å²) in [4.78, 5) is 50.1. The van der Waals surface area contributed by atoms with Crippen LogP contribution in [0.15, 0.2) is 24.5 Å². The van der Waals surface area contributed by atoms with E-state index < -0.39 is 6.04 Å². The monoisotopic (exact) mass is 542 g/mol. The summed E-state index contributed by atoms with van der Waals surface area (Å²) in [6.45, 7) is 8.11. The lowest BCUT2D eigenvalue weighted by molar-refractivity contribution is -0.140. The molecule has 0 spiro atoms. The van der Waals surface area contributed by atoms with E-state index in [0.29, 0.717) is 35.8 Å². The summed E-state index contributed by atoms with van der Waals surface area (Å²) in [6.07, 6.45) is 11.2. The number of amides is 2. The molecule has 1 aromatic carbocycles. The van der Waals surface area contributed by atoms with Crippen molar-refractivity contribution < 1.29 is 14.4 Å². The van der Waals surface area contributed by atoms with Crippen molar-refractivity contribution in [3.63, 3.8) is 0 Å². The predicted octanol–water partition coefficient (Wildman–Crippen LogP) is 4.39. The summed E-state index contributed by atoms with van der Waals surface area (Å²) in [5.41, 5.74) is 3.73. The van der Waals surface area contributed by atoms with Crippen LogP contribution in [0.4, 0.5) is 0 Å². The molecule has 2 aromatic heterocycles. The Morgan fingerprint density at radius 2 is 1.77 bits per heavy atom. The molecule has 3 heterocycles. The molecule has 9 nitrogen and oxygen atoms in total. The lowest BCUT2D eigenvalue weighted by Gasteiger charge is -2.27. The number of carbonyl (C=O) groups is 3. The smallest absolute Gasteiger partial charge is 0.245 e. The number of hydrogen-bond donors (Lipinski definition) is 1. The lowest BCUT2D eigenvalue weighted by Crippen LogP contribution is -2.49. The number of nitrogens with zero attached hydrogens (tertiary/aromatic N) is 5. The molecule has 0 unspecified atom stereocenters. The van der Waals surface area contributed by atoms with Gasteiger partial charge < -0.3 is 10.2 Å². The number of piperidine rings is 1. The number of carbonyl (C=O) groups excluding carboxylic acids is 3. The molecule has 0 radical (unpaired) electrons. The summed E-state index contributed by atoms with van der Waals surface area (Å²) in [5.74, 6) is 1.06. The highest BCUT2D eigenvalue weighted by molar-refractivity contribution is 6.07. The first kappa shape index (κ1) is 26.6. The van der Waals surface area contributed by atoms with Gasteiger partial charge in [-0.3, -0.25) is 19.1 Å². The number of likely N-dealkylation sites (tertiary alicyclic amines) is 1. The molecule has 2 amide bonds. The van der Waals surface area contributed by atoms with Crippen molar-refractivity contribution in [1.82, 2.24) is 30.0 Å². The number of rotatable bonds is 8. The maximum absolute atomic E-state index is 13.8. The molecule has 1 N–H and O–H groups in total. The number of benzene rings is 1. The number of aromatic nitrogens is 4. The van der Waals surface area contributed by atoms with Gasteiger partial charge in [0.25, 0.3) is 0 Å². The Morgan fingerprint density at radius 1 is 1.05 bits per heavy atom. The highest BCUT2D eigenvalue weighted by atomic mass is 16.2. The van der Waals surface area contributed by atoms with Gasteiger partial charge in [-0.2, -0.15) is 5.10 Å². The van der Waals surface area contributed by atoms with Crippen molar-refractivity contribution in [1.29, 1.82) is 0 Å². The fourth-order valence-corrected chi connectivity index (χ4v) is 7.00. The molecule has 6 rings (SSSR count). The summed E-state index contributed by atoms with van der Waals surface area (Å²) >= 11 is 0. The number of Topliss-reactive ketones (excluding diaryl/α,β-unsaturated/α-hetero) is 1. The van der Waals surface area contributed by atoms with Crippen LogP contribution in [0.1, 0.15) is 80.7 Å². The summed E-state index contributed by atoms with van der Waals surface area (Å²) in [7, 11) is 0. The maximum Gasteiger partial charge on any atom is 0.245 e. The van der Waals surface area contributed by atoms with Gasteiger partial charge in [0.1, 0.15) is 24.1 Å². The van der Waals surface area contributed by atoms with Crippen LogP contribution in [-0.4, -0.2) is 60.9 Å². The molecular weight excluding hydrogens is 504 g/mol. The topological polar surface area (TPSA) is 110 Å². The van der Waals surface area contributed by atoms with Crippen molar-refractivity contribution in [2.24, 2.45) is 11.3 Å². The number of hydrogen-bond acceptors (Lipinski definition) is 6. The van der Waals surface area contributed by atoms with Crippen molar-refractivity contribution in [2.75, 3.05) is 6.54 Å². The number of fused-ring (bicyclic) bond motifs is 2. The normalized spacial score (nSPS) is 23.9. The number of ketones is 1. The highest BCUT2D eigenvalue weighted by Crippen LogP contribution is 2.59. The van der Waals surface area contributed by atoms with Gasteiger partial charge >= 0.3 is 0 Å². The Kier molecular flexibility index (Phi) is 6.71. The zero-order valence-electron chi connectivity index (χ0n) is 23.9. The Balaban J connectivity index is 1.25. The minimum absolute atomic E-state index is 0.000769. The molecule has 40 heavy (non-hydrogen) atoms. The van der Waals surface area contributed by atoms with Crippen LogP contribution in [0, 0.1) is 25.2 Å². The first-order chi connectivity index (χ1) is 19.1. The zero-order valence-corrected chi connectivity index (χ0v) is 23.9. The molecule has 3 fully saturated rings. The molecule has 2 saturated carbocycles. The van der Waals surface area contributed by atoms with E-state index >= 15 is 0 Å². The summed E-state index contributed by atoms with van der Waals surface area (Å²) in [5, 5.41) is 8.45. The summed E-state index contributed by atoms with van der Waals surface area (Å²) in [6, 6.07) is 3.56. The zero-order chi connectivity index (χ0) is 28.2. The molecule has 1 aliphatic heterocycles. The van der Waals surface area contributed by atoms with E-state index in [4.69, 9.17) is 0 Å². The van der Waals surface area contributed by atoms with E-state index in [1.807, 2.05) is 26.0 Å². The SMILES string of the molecule is CC(=O)c1nn(CC(=O)N2[C@H](C(=O)NCCC3CCCC3)C[C@@]3(C)C[C@@H]23)c2c(C)cc(-c3cnc(C)nc3)cc12. The third kappa shape index (κ3) is 4.80. The lowest BCUT2D eigenvalue weighted by atomic mass is 10.0. The Morgan fingerprint density at radius 3 is 2.48 bits per heavy atom. The fraction of sp³-hybridized carbons (Fsp3) is 0.548. The van der Waals surface area contributed by atoms with Crippen LogP contribution in [0.25, 0.3) is 22.0 Å². The fourth-order valence-electron chi connectivity index (χ4n) is 7.00. The van der Waals surface area contributed by atoms with Crippen LogP contribution in [0.5, 0.6) is 0 Å². The van der Waals surface area contributed by atoms with Crippen LogP contribution in [0.2, 0.25) is 0 Å². The van der Waals surface area contributed by atoms with E-state index in [0.717, 1.165) is 35.0 Å². The molecule has 3 aromatic rings. The van der Waals surface area contributed by atoms with Gasteiger partial charge in [0.15, 0.2) is 5.78 Å². The van der Waals surface area contributed by atoms with E-state index in [1.54, 1.807) is 22.0 Å². The van der Waals surface area contributed by atoms with Crippen LogP contribution < -0.4 is 5.32 Å². The van der Waals surface area contributed by atoms with Crippen molar-refractivity contribution in [3.8, 4) is 11.1 Å². The van der Waals surface area contributed by atoms with Crippen LogP contribution in [-0.2, 0) is 16.1 Å². The van der Waals surface area contributed by atoms with E-state index in [2.05, 4.69) is 27.3 Å². The van der Waals surface area contributed by atoms with Gasteiger partial charge in [-0.15, -0.1) is 0 Å². The standard InChI is InChI=1S/C31H38N6O3/c1-18-11-22(23-15-33-20(3)34-16-23)12-24-28(19(2)38)35-36(29(18)24)17-27(39)37-25(13-31(4)14-26(31)37)30(40)32-10-9-21-7-5-6-8-21/h11-12,15-16,21,25-26H,5-10,13-14,17H2,1-4H3,(H,32,40)/t25-,26+,31-/m0/s1. The Labute approximate surface area is 234 Å². The van der Waals surface area contributed by atoms with Gasteiger partial charge in [-0.05, 0) is 67.7 Å². The molecule has 0 bridgehead atoms. The quantitative estimate of drug-likeness (QED) is 0.423. The second-order valence-corrected chi connectivity index (χ2v) is 12.4. The van der Waals surface area contributed by atoms with E-state index in [1.165, 1.54) is 32.6 Å². The van der Waals surface area contributed by atoms with Gasteiger partial charge in [0.2, 0.25) is 11.8 Å². The van der Waals surface area contributed by atoms with Gasteiger partial charge in [0, 0.05) is 42.9 Å². The molecule has 9 heteroatoms. The maximum atomic E-state index is 13.8. The van der Waals surface area contributed by atoms with E-state index in [9.17, 15) is 14.4 Å². The highest BCUT2D eigenvalue weighted by Gasteiger charge is 2.64. The Hall–Kier alpha value is -3.62. The van der Waals surface area contributed by atoms with Crippen LogP contribution >= 0.6 is 0 Å². The number of nitrogens with one attached hydrogen (secondary N) is 1. The molecule has 2 aliphatic carbocycles. The van der Waals surface area contributed by atoms with Crippen LogP contribution in [0.3, 0.4) is 0 Å². The molecule has 3 aliphatic rings. The first-order valence-electron chi connectivity index (χ1n) is 14.5. The predicted molar refractivity (Wildman–Crippen MR) is 152 cm³/mol. The summed E-state index contributed by atoms with van der Waals surface area (Å²) < 4.78 is 1.65. The second-order valence-electron chi connectivity index (χ2n) is 12.4. The first-order valence-corrected chi connectivity index (χ1v) is 14.5. The largest absolute Gasteiger partial charge is 0.354 e. The van der Waals surface area contributed by atoms with Crippen molar-refractivity contribution in [2.45, 2.75) is 91.3 Å². The molecule has 210 valence electrons. The third-order valence-corrected chi connectivity index (χ3v) is 9.32. The van der Waals surface area contributed by atoms with E-state index in [-0.39, 0.29) is 35.6 Å². The minimum Gasteiger partial charge on any atom is -0.354 e. The average molecular weight is 543 g/mol. The third-order valence-electron chi connectivity index (χ3n) is 9.32. The molecular formula is C31H38N6O3. The Bertz CT molecular complexity index is 1490. The van der Waals surface area contributed by atoms with Crippen molar-refractivity contribution in [3.05, 3.63) is 41.6 Å². The van der Waals surface area contributed by atoms with Gasteiger partial charge in [0.05, 0.1) is 5.52 Å². The average Bonchev–Trinajstić information content (AvgIpc) is 3.30. The molecule has 1 saturated heterocycles. The number of aryl methyl sites for hydroxylation is 2. The minimum atomic E-state index is -0.455. The van der Waals surface area contributed by atoms with Gasteiger partial charge in [-0.25, -0.2) is 9.97 Å².